The number of furan rings is 1. The van der Waals surface area contributed by atoms with E-state index in [4.69, 9.17) is 9.68 Å². The Labute approximate surface area is 179 Å². The monoisotopic (exact) mass is 419 g/mol. The Hall–Kier alpha value is -3.50. The van der Waals surface area contributed by atoms with Crippen molar-refractivity contribution in [2.24, 2.45) is 0 Å². The molecule has 0 saturated heterocycles. The fourth-order valence-electron chi connectivity index (χ4n) is 2.69. The van der Waals surface area contributed by atoms with Gasteiger partial charge in [-0.25, -0.2) is 0 Å². The quantitative estimate of drug-likeness (QED) is 0.552. The van der Waals surface area contributed by atoms with Crippen LogP contribution in [0.2, 0.25) is 0 Å². The van der Waals surface area contributed by atoms with Crippen LogP contribution in [0.1, 0.15) is 32.8 Å². The summed E-state index contributed by atoms with van der Waals surface area (Å²) in [6.07, 6.45) is 1.56. The molecule has 0 radical (unpaired) electrons. The minimum atomic E-state index is -0.197. The second-order valence-electron chi connectivity index (χ2n) is 6.54. The summed E-state index contributed by atoms with van der Waals surface area (Å²) in [6.45, 7) is 0.679. The third-order valence-electron chi connectivity index (χ3n) is 4.27. The van der Waals surface area contributed by atoms with Crippen molar-refractivity contribution in [2.75, 3.05) is 5.75 Å². The fourth-order valence-corrected chi connectivity index (χ4v) is 3.51. The van der Waals surface area contributed by atoms with Crippen LogP contribution in [0, 0.1) is 11.3 Å². The highest BCUT2D eigenvalue weighted by atomic mass is 32.2. The van der Waals surface area contributed by atoms with E-state index in [2.05, 4.69) is 16.7 Å². The number of amides is 2. The molecule has 0 bridgehead atoms. The lowest BCUT2D eigenvalue weighted by atomic mass is 10.1. The van der Waals surface area contributed by atoms with Crippen LogP contribution >= 0.6 is 11.8 Å². The molecule has 0 fully saturated rings. The largest absolute Gasteiger partial charge is 0.467 e. The molecule has 30 heavy (non-hydrogen) atoms. The van der Waals surface area contributed by atoms with E-state index < -0.39 is 0 Å². The van der Waals surface area contributed by atoms with Gasteiger partial charge in [0.15, 0.2) is 0 Å². The van der Waals surface area contributed by atoms with Crippen molar-refractivity contribution in [1.29, 1.82) is 5.26 Å². The van der Waals surface area contributed by atoms with E-state index in [1.165, 1.54) is 11.8 Å². The Morgan fingerprint density at radius 3 is 2.53 bits per heavy atom. The number of nitriles is 1. The van der Waals surface area contributed by atoms with Gasteiger partial charge in [-0.1, -0.05) is 24.3 Å². The molecule has 0 aliphatic rings. The van der Waals surface area contributed by atoms with Crippen LogP contribution < -0.4 is 10.6 Å². The first-order valence-corrected chi connectivity index (χ1v) is 10.5. The molecule has 2 amide bonds. The van der Waals surface area contributed by atoms with E-state index in [1.54, 1.807) is 48.7 Å². The summed E-state index contributed by atoms with van der Waals surface area (Å²) in [5.41, 5.74) is 3.08. The average Bonchev–Trinajstić information content (AvgIpc) is 3.30. The highest BCUT2D eigenvalue weighted by molar-refractivity contribution is 7.99. The number of hydrogen-bond donors (Lipinski definition) is 2. The van der Waals surface area contributed by atoms with Crippen molar-refractivity contribution in [3.8, 4) is 6.07 Å². The Kier molecular flexibility index (Phi) is 7.70. The van der Waals surface area contributed by atoms with Crippen molar-refractivity contribution in [2.45, 2.75) is 18.8 Å². The molecule has 0 aliphatic heterocycles. The van der Waals surface area contributed by atoms with Gasteiger partial charge in [0.2, 0.25) is 5.91 Å². The third-order valence-corrected chi connectivity index (χ3v) is 5.27. The number of hydrogen-bond acceptors (Lipinski definition) is 5. The molecule has 7 heteroatoms. The molecule has 0 aliphatic carbocycles. The van der Waals surface area contributed by atoms with Crippen LogP contribution in [0.3, 0.4) is 0 Å². The third kappa shape index (κ3) is 6.54. The van der Waals surface area contributed by atoms with Crippen molar-refractivity contribution in [1.82, 2.24) is 10.6 Å². The zero-order valence-corrected chi connectivity index (χ0v) is 17.1. The lowest BCUT2D eigenvalue weighted by molar-refractivity contribution is -0.118. The van der Waals surface area contributed by atoms with E-state index in [9.17, 15) is 9.59 Å². The van der Waals surface area contributed by atoms with Crippen molar-refractivity contribution in [3.63, 3.8) is 0 Å². The smallest absolute Gasteiger partial charge is 0.251 e. The summed E-state index contributed by atoms with van der Waals surface area (Å²) >= 11 is 1.51. The molecule has 152 valence electrons. The van der Waals surface area contributed by atoms with Crippen molar-refractivity contribution in [3.05, 3.63) is 94.9 Å². The topological polar surface area (TPSA) is 95.1 Å². The number of benzene rings is 2. The van der Waals surface area contributed by atoms with Crippen LogP contribution in [0.4, 0.5) is 0 Å². The summed E-state index contributed by atoms with van der Waals surface area (Å²) in [6, 6.07) is 20.1. The van der Waals surface area contributed by atoms with Crippen LogP contribution in [-0.4, -0.2) is 17.6 Å². The summed E-state index contributed by atoms with van der Waals surface area (Å²) in [7, 11) is 0. The number of carbonyl (C=O) groups excluding carboxylic acids is 2. The van der Waals surface area contributed by atoms with Gasteiger partial charge in [0, 0.05) is 17.9 Å². The second-order valence-corrected chi connectivity index (χ2v) is 7.53. The van der Waals surface area contributed by atoms with Crippen LogP contribution in [0.5, 0.6) is 0 Å². The van der Waals surface area contributed by atoms with E-state index in [-0.39, 0.29) is 11.8 Å². The molecule has 1 heterocycles. The SMILES string of the molecule is N#Cc1ccc(CSCC(=O)NCc2cccc(C(=O)NCc3ccco3)c2)cc1. The molecule has 2 N–H and O–H groups in total. The van der Waals surface area contributed by atoms with Gasteiger partial charge in [-0.2, -0.15) is 5.26 Å². The Morgan fingerprint density at radius 2 is 1.80 bits per heavy atom. The molecule has 0 saturated carbocycles. The minimum absolute atomic E-state index is 0.0682. The normalized spacial score (nSPS) is 10.2. The van der Waals surface area contributed by atoms with Gasteiger partial charge in [0.25, 0.3) is 5.91 Å². The summed E-state index contributed by atoms with van der Waals surface area (Å²) in [5, 5.41) is 14.5. The predicted molar refractivity (Wildman–Crippen MR) is 115 cm³/mol. The molecular weight excluding hydrogens is 398 g/mol. The molecule has 3 aromatic rings. The van der Waals surface area contributed by atoms with Crippen LogP contribution in [-0.2, 0) is 23.6 Å². The standard InChI is InChI=1S/C23H21N3O3S/c24-12-17-6-8-18(9-7-17)15-30-16-22(27)25-13-19-3-1-4-20(11-19)23(28)26-14-21-5-2-10-29-21/h1-11H,13-16H2,(H,25,27)(H,26,28). The first-order valence-electron chi connectivity index (χ1n) is 9.37. The Balaban J connectivity index is 1.41. The highest BCUT2D eigenvalue weighted by Gasteiger charge is 2.08. The molecule has 0 atom stereocenters. The van der Waals surface area contributed by atoms with Gasteiger partial charge in [-0.3, -0.25) is 9.59 Å². The first-order chi connectivity index (χ1) is 14.6. The van der Waals surface area contributed by atoms with Crippen molar-refractivity contribution >= 4 is 23.6 Å². The van der Waals surface area contributed by atoms with E-state index >= 15 is 0 Å². The van der Waals surface area contributed by atoms with Gasteiger partial charge in [-0.15, -0.1) is 11.8 Å². The Bertz CT molecular complexity index is 1020. The molecular formula is C23H21N3O3S. The zero-order valence-electron chi connectivity index (χ0n) is 16.3. The van der Waals surface area contributed by atoms with Crippen LogP contribution in [0.15, 0.2) is 71.3 Å². The average molecular weight is 420 g/mol. The number of rotatable bonds is 9. The lowest BCUT2D eigenvalue weighted by Crippen LogP contribution is -2.25. The van der Waals surface area contributed by atoms with E-state index in [1.807, 2.05) is 18.2 Å². The molecule has 3 rings (SSSR count). The molecule has 6 nitrogen and oxygen atoms in total. The summed E-state index contributed by atoms with van der Waals surface area (Å²) in [5.74, 6) is 1.46. The molecule has 1 aromatic heterocycles. The number of nitrogens with zero attached hydrogens (tertiary/aromatic N) is 1. The lowest BCUT2D eigenvalue weighted by Gasteiger charge is -2.08. The fraction of sp³-hybridized carbons (Fsp3) is 0.174. The number of carbonyl (C=O) groups is 2. The van der Waals surface area contributed by atoms with Crippen LogP contribution in [0.25, 0.3) is 0 Å². The Morgan fingerprint density at radius 1 is 0.967 bits per heavy atom. The van der Waals surface area contributed by atoms with Gasteiger partial charge in [-0.05, 0) is 47.5 Å². The maximum absolute atomic E-state index is 12.3. The summed E-state index contributed by atoms with van der Waals surface area (Å²) in [4.78, 5) is 24.4. The van der Waals surface area contributed by atoms with E-state index in [0.717, 1.165) is 11.1 Å². The zero-order chi connectivity index (χ0) is 21.2. The molecule has 0 spiro atoms. The minimum Gasteiger partial charge on any atom is -0.467 e. The maximum atomic E-state index is 12.3. The molecule has 2 aromatic carbocycles. The maximum Gasteiger partial charge on any atom is 0.251 e. The highest BCUT2D eigenvalue weighted by Crippen LogP contribution is 2.13. The summed E-state index contributed by atoms with van der Waals surface area (Å²) < 4.78 is 5.20. The number of thioether (sulfide) groups is 1. The van der Waals surface area contributed by atoms with Gasteiger partial charge in [0.05, 0.1) is 30.2 Å². The number of nitrogens with one attached hydrogen (secondary N) is 2. The van der Waals surface area contributed by atoms with Crippen molar-refractivity contribution < 1.29 is 14.0 Å². The first kappa shape index (κ1) is 21.2. The second kappa shape index (κ2) is 10.9. The van der Waals surface area contributed by atoms with Gasteiger partial charge < -0.3 is 15.1 Å². The van der Waals surface area contributed by atoms with Gasteiger partial charge >= 0.3 is 0 Å². The van der Waals surface area contributed by atoms with Gasteiger partial charge in [0.1, 0.15) is 5.76 Å². The predicted octanol–water partition coefficient (Wildman–Crippen LogP) is 3.63. The molecule has 0 unspecified atom stereocenters. The van der Waals surface area contributed by atoms with E-state index in [0.29, 0.717) is 41.5 Å².